The Kier molecular flexibility index (Phi) is 5.35. The summed E-state index contributed by atoms with van der Waals surface area (Å²) in [5.41, 5.74) is -1.56. The van der Waals surface area contributed by atoms with Crippen LogP contribution in [0.1, 0.15) is 41.3 Å². The second kappa shape index (κ2) is 7.34. The maximum absolute atomic E-state index is 14.3. The molecule has 0 aliphatic heterocycles. The van der Waals surface area contributed by atoms with E-state index in [1.807, 2.05) is 0 Å². The Labute approximate surface area is 160 Å². The summed E-state index contributed by atoms with van der Waals surface area (Å²) in [5.74, 6) is -3.92. The molecule has 0 saturated heterocycles. The lowest BCUT2D eigenvalue weighted by molar-refractivity contribution is -0.138. The predicted molar refractivity (Wildman–Crippen MR) is 87.5 cm³/mol. The van der Waals surface area contributed by atoms with Gasteiger partial charge in [0.1, 0.15) is 0 Å². The first-order valence-electron chi connectivity index (χ1n) is 8.50. The molecule has 29 heavy (non-hydrogen) atoms. The van der Waals surface area contributed by atoms with Crippen LogP contribution in [0.15, 0.2) is 29.5 Å². The molecule has 0 aromatic carbocycles. The van der Waals surface area contributed by atoms with Crippen LogP contribution in [0, 0.1) is 6.92 Å². The van der Waals surface area contributed by atoms with Crippen molar-refractivity contribution in [3.8, 4) is 5.75 Å². The quantitative estimate of drug-likeness (QED) is 0.661. The lowest BCUT2D eigenvalue weighted by Crippen LogP contribution is -2.29. The van der Waals surface area contributed by atoms with E-state index < -0.39 is 42.5 Å². The number of ether oxygens (including phenoxy) is 1. The number of aromatic nitrogens is 2. The van der Waals surface area contributed by atoms with E-state index in [2.05, 4.69) is 14.7 Å². The Morgan fingerprint density at radius 1 is 1.31 bits per heavy atom. The van der Waals surface area contributed by atoms with Gasteiger partial charge in [-0.25, -0.2) is 8.78 Å². The van der Waals surface area contributed by atoms with Crippen molar-refractivity contribution in [2.45, 2.75) is 44.5 Å². The van der Waals surface area contributed by atoms with Crippen LogP contribution >= 0.6 is 0 Å². The van der Waals surface area contributed by atoms with Crippen LogP contribution < -0.4 is 10.2 Å². The van der Waals surface area contributed by atoms with Gasteiger partial charge in [-0.05, 0) is 31.0 Å². The topological polar surface area (TPSA) is 39.4 Å². The van der Waals surface area contributed by atoms with E-state index in [9.17, 15) is 30.7 Å². The van der Waals surface area contributed by atoms with Crippen LogP contribution in [0.3, 0.4) is 0 Å². The molecule has 1 unspecified atom stereocenters. The SMILES string of the molecule is Cc1nccc2c1C(F)(F)CCC2/N=c1/c(OC(F)F)cc(C(F)(F)F)cn1C. The molecule has 1 aliphatic rings. The van der Waals surface area contributed by atoms with Gasteiger partial charge < -0.3 is 9.30 Å². The van der Waals surface area contributed by atoms with Gasteiger partial charge in [-0.1, -0.05) is 0 Å². The Hall–Kier alpha value is -2.59. The molecule has 0 spiro atoms. The van der Waals surface area contributed by atoms with Crippen LogP contribution in [0.4, 0.5) is 30.7 Å². The monoisotopic (exact) mass is 423 g/mol. The standard InChI is InChI=1S/C18H16F7N3O/c1-9-14-11(4-6-26-9)12(3-5-17(14,21)22)27-15-13(29-16(19)20)7-10(8-28(15)2)18(23,24)25/h4,6-8,12,16H,3,5H2,1-2H3/b27-15-. The van der Waals surface area contributed by atoms with Gasteiger partial charge in [-0.15, -0.1) is 0 Å². The Bertz CT molecular complexity index is 982. The number of alkyl halides is 7. The van der Waals surface area contributed by atoms with Crippen LogP contribution in [0.2, 0.25) is 0 Å². The first-order chi connectivity index (χ1) is 13.4. The minimum Gasteiger partial charge on any atom is -0.431 e. The average molecular weight is 423 g/mol. The summed E-state index contributed by atoms with van der Waals surface area (Å²) in [6.07, 6.45) is -3.48. The molecule has 0 bridgehead atoms. The Morgan fingerprint density at radius 2 is 2.00 bits per heavy atom. The summed E-state index contributed by atoms with van der Waals surface area (Å²) in [4.78, 5) is 8.08. The van der Waals surface area contributed by atoms with Gasteiger partial charge in [0.2, 0.25) is 0 Å². The normalized spacial score (nSPS) is 19.4. The lowest BCUT2D eigenvalue weighted by atomic mass is 9.85. The molecule has 0 radical (unpaired) electrons. The third-order valence-corrected chi connectivity index (χ3v) is 4.62. The van der Waals surface area contributed by atoms with E-state index in [0.717, 1.165) is 4.57 Å². The van der Waals surface area contributed by atoms with Gasteiger partial charge in [0.05, 0.1) is 11.6 Å². The molecule has 0 saturated carbocycles. The van der Waals surface area contributed by atoms with Crippen molar-refractivity contribution in [2.24, 2.45) is 12.0 Å². The second-order valence-electron chi connectivity index (χ2n) is 6.65. The fourth-order valence-electron chi connectivity index (χ4n) is 3.40. The molecular weight excluding hydrogens is 407 g/mol. The van der Waals surface area contributed by atoms with E-state index in [-0.39, 0.29) is 28.7 Å². The zero-order valence-electron chi connectivity index (χ0n) is 15.3. The summed E-state index contributed by atoms with van der Waals surface area (Å²) in [5, 5.41) is 0. The van der Waals surface area contributed by atoms with Crippen molar-refractivity contribution in [3.05, 3.63) is 52.4 Å². The van der Waals surface area contributed by atoms with E-state index in [0.29, 0.717) is 12.3 Å². The minimum atomic E-state index is -4.79. The third-order valence-electron chi connectivity index (χ3n) is 4.62. The van der Waals surface area contributed by atoms with E-state index >= 15 is 0 Å². The molecule has 0 fully saturated rings. The number of nitrogens with zero attached hydrogens (tertiary/aromatic N) is 3. The molecule has 11 heteroatoms. The fourth-order valence-corrected chi connectivity index (χ4v) is 3.40. The molecule has 0 amide bonds. The highest BCUT2D eigenvalue weighted by Crippen LogP contribution is 2.46. The number of aryl methyl sites for hydroxylation is 2. The first-order valence-corrected chi connectivity index (χ1v) is 8.50. The number of rotatable bonds is 3. The maximum Gasteiger partial charge on any atom is 0.417 e. The van der Waals surface area contributed by atoms with Crippen LogP contribution in [-0.4, -0.2) is 16.2 Å². The van der Waals surface area contributed by atoms with Gasteiger partial charge in [0.25, 0.3) is 5.92 Å². The van der Waals surface area contributed by atoms with E-state index in [1.165, 1.54) is 26.2 Å². The highest BCUT2D eigenvalue weighted by atomic mass is 19.4. The third kappa shape index (κ3) is 4.23. The molecule has 2 aromatic heterocycles. The molecule has 158 valence electrons. The minimum absolute atomic E-state index is 0.105. The van der Waals surface area contributed by atoms with Gasteiger partial charge in [-0.3, -0.25) is 9.98 Å². The Balaban J connectivity index is 2.20. The largest absolute Gasteiger partial charge is 0.431 e. The van der Waals surface area contributed by atoms with E-state index in [1.54, 1.807) is 0 Å². The van der Waals surface area contributed by atoms with Crippen molar-refractivity contribution in [1.29, 1.82) is 0 Å². The molecule has 3 rings (SSSR count). The summed E-state index contributed by atoms with van der Waals surface area (Å²) >= 11 is 0. The molecule has 1 atom stereocenters. The van der Waals surface area contributed by atoms with Gasteiger partial charge in [0, 0.05) is 37.1 Å². The lowest BCUT2D eigenvalue weighted by Gasteiger charge is -2.30. The number of pyridine rings is 2. The number of fused-ring (bicyclic) bond motifs is 1. The van der Waals surface area contributed by atoms with Gasteiger partial charge >= 0.3 is 12.8 Å². The first kappa shape index (κ1) is 21.1. The molecule has 1 aliphatic carbocycles. The molecule has 4 nitrogen and oxygen atoms in total. The maximum atomic E-state index is 14.3. The second-order valence-corrected chi connectivity index (χ2v) is 6.65. The molecule has 0 N–H and O–H groups in total. The fraction of sp³-hybridized carbons (Fsp3) is 0.444. The summed E-state index contributed by atoms with van der Waals surface area (Å²) in [6, 6.07) is 0.886. The Morgan fingerprint density at radius 3 is 2.62 bits per heavy atom. The van der Waals surface area contributed by atoms with E-state index in [4.69, 9.17) is 0 Å². The smallest absolute Gasteiger partial charge is 0.417 e. The van der Waals surface area contributed by atoms with Crippen molar-refractivity contribution >= 4 is 0 Å². The average Bonchev–Trinajstić information content (AvgIpc) is 2.58. The van der Waals surface area contributed by atoms with Gasteiger partial charge in [-0.2, -0.15) is 22.0 Å². The zero-order chi connectivity index (χ0) is 21.6. The molecular formula is C18H16F7N3O. The van der Waals surface area contributed by atoms with Gasteiger partial charge in [0.15, 0.2) is 11.2 Å². The summed E-state index contributed by atoms with van der Waals surface area (Å²) in [6.45, 7) is -1.97. The molecule has 2 aromatic rings. The van der Waals surface area contributed by atoms with Crippen molar-refractivity contribution in [1.82, 2.24) is 9.55 Å². The summed E-state index contributed by atoms with van der Waals surface area (Å²) in [7, 11) is 1.18. The molecule has 2 heterocycles. The van der Waals surface area contributed by atoms with Crippen molar-refractivity contribution in [2.75, 3.05) is 0 Å². The highest BCUT2D eigenvalue weighted by molar-refractivity contribution is 5.38. The number of halogens is 7. The highest BCUT2D eigenvalue weighted by Gasteiger charge is 2.42. The van der Waals surface area contributed by atoms with Crippen molar-refractivity contribution in [3.63, 3.8) is 0 Å². The zero-order valence-corrected chi connectivity index (χ0v) is 15.3. The predicted octanol–water partition coefficient (Wildman–Crippen LogP) is 4.88. The van der Waals surface area contributed by atoms with Crippen LogP contribution in [0.25, 0.3) is 0 Å². The van der Waals surface area contributed by atoms with Crippen LogP contribution in [0.5, 0.6) is 5.75 Å². The van der Waals surface area contributed by atoms with Crippen molar-refractivity contribution < 1.29 is 35.5 Å². The van der Waals surface area contributed by atoms with Crippen LogP contribution in [-0.2, 0) is 19.1 Å². The number of hydrogen-bond donors (Lipinski definition) is 0. The number of hydrogen-bond acceptors (Lipinski definition) is 3. The summed E-state index contributed by atoms with van der Waals surface area (Å²) < 4.78 is 98.5.